The molecule has 98 valence electrons. The minimum Gasteiger partial charge on any atom is -0.469 e. The van der Waals surface area contributed by atoms with E-state index in [0.717, 1.165) is 25.5 Å². The van der Waals surface area contributed by atoms with Gasteiger partial charge in [-0.1, -0.05) is 13.3 Å². The standard InChI is InChI=1S/C11H16N4O3/c1-7-4-2-3-5-9(7)18-10-8(15(16)17)6-13-11(12)14-10/h6-7,9H,2-5H2,1H3,(H2,12,13,14). The van der Waals surface area contributed by atoms with E-state index in [4.69, 9.17) is 10.5 Å². The maximum absolute atomic E-state index is 10.9. The van der Waals surface area contributed by atoms with Crippen LogP contribution in [0.3, 0.4) is 0 Å². The van der Waals surface area contributed by atoms with Crippen molar-refractivity contribution in [3.8, 4) is 5.88 Å². The molecule has 7 heteroatoms. The van der Waals surface area contributed by atoms with Crippen molar-refractivity contribution in [2.45, 2.75) is 38.7 Å². The van der Waals surface area contributed by atoms with Gasteiger partial charge < -0.3 is 10.5 Å². The third kappa shape index (κ3) is 2.66. The molecule has 1 aromatic heterocycles. The van der Waals surface area contributed by atoms with E-state index in [2.05, 4.69) is 16.9 Å². The van der Waals surface area contributed by atoms with Gasteiger partial charge in [0.05, 0.1) is 4.92 Å². The molecule has 2 N–H and O–H groups in total. The first-order valence-corrected chi connectivity index (χ1v) is 6.01. The third-order valence-corrected chi connectivity index (χ3v) is 3.25. The second kappa shape index (κ2) is 5.16. The zero-order valence-corrected chi connectivity index (χ0v) is 10.2. The highest BCUT2D eigenvalue weighted by Crippen LogP contribution is 2.31. The van der Waals surface area contributed by atoms with Crippen LogP contribution in [-0.4, -0.2) is 21.0 Å². The van der Waals surface area contributed by atoms with Gasteiger partial charge in [0, 0.05) is 0 Å². The van der Waals surface area contributed by atoms with Crippen LogP contribution in [0.4, 0.5) is 11.6 Å². The number of hydrogen-bond donors (Lipinski definition) is 1. The van der Waals surface area contributed by atoms with Crippen LogP contribution in [0.15, 0.2) is 6.20 Å². The van der Waals surface area contributed by atoms with Gasteiger partial charge in [-0.3, -0.25) is 10.1 Å². The lowest BCUT2D eigenvalue weighted by Gasteiger charge is -2.28. The second-order valence-electron chi connectivity index (χ2n) is 4.59. The van der Waals surface area contributed by atoms with Crippen molar-refractivity contribution in [2.24, 2.45) is 5.92 Å². The number of aromatic nitrogens is 2. The maximum atomic E-state index is 10.9. The molecule has 7 nitrogen and oxygen atoms in total. The van der Waals surface area contributed by atoms with Gasteiger partial charge in [-0.15, -0.1) is 0 Å². The number of rotatable bonds is 3. The van der Waals surface area contributed by atoms with Crippen LogP contribution < -0.4 is 10.5 Å². The normalized spacial score (nSPS) is 23.6. The fourth-order valence-electron chi connectivity index (χ4n) is 2.19. The second-order valence-corrected chi connectivity index (χ2v) is 4.59. The van der Waals surface area contributed by atoms with Crippen molar-refractivity contribution < 1.29 is 9.66 Å². The first-order valence-electron chi connectivity index (χ1n) is 6.01. The molecule has 0 radical (unpaired) electrons. The van der Waals surface area contributed by atoms with Gasteiger partial charge in [0.1, 0.15) is 12.3 Å². The molecule has 0 aromatic carbocycles. The molecule has 1 aromatic rings. The molecule has 2 unspecified atom stereocenters. The minimum atomic E-state index is -0.553. The first-order chi connectivity index (χ1) is 8.58. The van der Waals surface area contributed by atoms with Gasteiger partial charge in [-0.2, -0.15) is 4.98 Å². The Balaban J connectivity index is 2.21. The average molecular weight is 252 g/mol. The molecule has 1 heterocycles. The summed E-state index contributed by atoms with van der Waals surface area (Å²) in [5, 5.41) is 10.9. The van der Waals surface area contributed by atoms with Gasteiger partial charge in [0.2, 0.25) is 5.95 Å². The Kier molecular flexibility index (Phi) is 3.59. The summed E-state index contributed by atoms with van der Waals surface area (Å²) in [4.78, 5) is 17.8. The van der Waals surface area contributed by atoms with Crippen molar-refractivity contribution >= 4 is 11.6 Å². The average Bonchev–Trinajstić information content (AvgIpc) is 2.32. The Morgan fingerprint density at radius 3 is 2.89 bits per heavy atom. The molecular formula is C11H16N4O3. The van der Waals surface area contributed by atoms with E-state index in [-0.39, 0.29) is 23.6 Å². The monoisotopic (exact) mass is 252 g/mol. The topological polar surface area (TPSA) is 104 Å². The number of nitrogens with two attached hydrogens (primary N) is 1. The van der Waals surface area contributed by atoms with Crippen LogP contribution in [0.25, 0.3) is 0 Å². The Morgan fingerprint density at radius 1 is 1.50 bits per heavy atom. The molecule has 0 aliphatic heterocycles. The predicted octanol–water partition coefficient (Wildman–Crippen LogP) is 1.92. The molecule has 1 saturated carbocycles. The maximum Gasteiger partial charge on any atom is 0.349 e. The number of hydrogen-bond acceptors (Lipinski definition) is 6. The molecule has 2 rings (SSSR count). The lowest BCUT2D eigenvalue weighted by molar-refractivity contribution is -0.386. The van der Waals surface area contributed by atoms with Crippen LogP contribution in [0.5, 0.6) is 5.88 Å². The summed E-state index contributed by atoms with van der Waals surface area (Å²) in [6.45, 7) is 2.08. The molecule has 0 amide bonds. The number of nitrogen functional groups attached to an aromatic ring is 1. The molecular weight excluding hydrogens is 236 g/mol. The van der Waals surface area contributed by atoms with Crippen molar-refractivity contribution in [3.05, 3.63) is 16.3 Å². The highest BCUT2D eigenvalue weighted by Gasteiger charge is 2.27. The fraction of sp³-hybridized carbons (Fsp3) is 0.636. The summed E-state index contributed by atoms with van der Waals surface area (Å²) in [6, 6.07) is 0. The van der Waals surface area contributed by atoms with Gasteiger partial charge in [-0.05, 0) is 25.2 Å². The van der Waals surface area contributed by atoms with Crippen LogP contribution >= 0.6 is 0 Å². The Hall–Kier alpha value is -1.92. The number of nitro groups is 1. The van der Waals surface area contributed by atoms with Gasteiger partial charge in [-0.25, -0.2) is 4.98 Å². The first kappa shape index (κ1) is 12.5. The number of anilines is 1. The summed E-state index contributed by atoms with van der Waals surface area (Å²) in [5.41, 5.74) is 5.21. The van der Waals surface area contributed by atoms with E-state index in [1.165, 1.54) is 6.42 Å². The molecule has 1 fully saturated rings. The van der Waals surface area contributed by atoms with E-state index >= 15 is 0 Å². The Morgan fingerprint density at radius 2 is 2.22 bits per heavy atom. The lowest BCUT2D eigenvalue weighted by Crippen LogP contribution is -2.29. The molecule has 1 aliphatic carbocycles. The zero-order valence-electron chi connectivity index (χ0n) is 10.2. The quantitative estimate of drug-likeness (QED) is 0.651. The highest BCUT2D eigenvalue weighted by atomic mass is 16.6. The van der Waals surface area contributed by atoms with E-state index in [9.17, 15) is 10.1 Å². The van der Waals surface area contributed by atoms with Crippen molar-refractivity contribution in [3.63, 3.8) is 0 Å². The van der Waals surface area contributed by atoms with E-state index in [1.54, 1.807) is 0 Å². The van der Waals surface area contributed by atoms with Gasteiger partial charge >= 0.3 is 5.69 Å². The minimum absolute atomic E-state index is 0.0148. The lowest BCUT2D eigenvalue weighted by atomic mass is 9.88. The van der Waals surface area contributed by atoms with Crippen molar-refractivity contribution in [1.82, 2.24) is 9.97 Å². The Bertz CT molecular complexity index is 452. The molecule has 0 spiro atoms. The van der Waals surface area contributed by atoms with Crippen molar-refractivity contribution in [1.29, 1.82) is 0 Å². The smallest absolute Gasteiger partial charge is 0.349 e. The van der Waals surface area contributed by atoms with E-state index < -0.39 is 4.92 Å². The van der Waals surface area contributed by atoms with E-state index in [1.807, 2.05) is 0 Å². The SMILES string of the molecule is CC1CCCCC1Oc1nc(N)ncc1[N+](=O)[O-]. The number of ether oxygens (including phenoxy) is 1. The fourth-order valence-corrected chi connectivity index (χ4v) is 2.19. The summed E-state index contributed by atoms with van der Waals surface area (Å²) >= 11 is 0. The Labute approximate surface area is 105 Å². The van der Waals surface area contributed by atoms with Crippen molar-refractivity contribution in [2.75, 3.05) is 5.73 Å². The summed E-state index contributed by atoms with van der Waals surface area (Å²) in [5.74, 6) is 0.333. The summed E-state index contributed by atoms with van der Waals surface area (Å²) < 4.78 is 5.67. The number of nitrogens with zero attached hydrogens (tertiary/aromatic N) is 3. The third-order valence-electron chi connectivity index (χ3n) is 3.25. The van der Waals surface area contributed by atoms with Gasteiger partial charge in [0.25, 0.3) is 5.88 Å². The van der Waals surface area contributed by atoms with Crippen LogP contribution in [0, 0.1) is 16.0 Å². The molecule has 2 atom stereocenters. The predicted molar refractivity (Wildman–Crippen MR) is 65.1 cm³/mol. The summed E-state index contributed by atoms with van der Waals surface area (Å²) in [6.07, 6.45) is 5.26. The van der Waals surface area contributed by atoms with E-state index in [0.29, 0.717) is 5.92 Å². The molecule has 0 saturated heterocycles. The zero-order chi connectivity index (χ0) is 13.1. The van der Waals surface area contributed by atoms with Crippen LogP contribution in [-0.2, 0) is 0 Å². The van der Waals surface area contributed by atoms with Crippen LogP contribution in [0.1, 0.15) is 32.6 Å². The van der Waals surface area contributed by atoms with Gasteiger partial charge in [0.15, 0.2) is 0 Å². The van der Waals surface area contributed by atoms with Crippen LogP contribution in [0.2, 0.25) is 0 Å². The molecule has 18 heavy (non-hydrogen) atoms. The highest BCUT2D eigenvalue weighted by molar-refractivity contribution is 5.41. The molecule has 1 aliphatic rings. The summed E-state index contributed by atoms with van der Waals surface area (Å²) in [7, 11) is 0. The molecule has 0 bridgehead atoms. The largest absolute Gasteiger partial charge is 0.469 e.